The van der Waals surface area contributed by atoms with Gasteiger partial charge in [-0.15, -0.1) is 5.10 Å². The van der Waals surface area contributed by atoms with E-state index >= 15 is 0 Å². The van der Waals surface area contributed by atoms with Crippen molar-refractivity contribution >= 4 is 23.4 Å². The lowest BCUT2D eigenvalue weighted by Crippen LogP contribution is -2.42. The van der Waals surface area contributed by atoms with E-state index in [1.165, 1.54) is 4.68 Å². The number of halogens is 1. The lowest BCUT2D eigenvalue weighted by molar-refractivity contribution is -0.139. The first-order valence-corrected chi connectivity index (χ1v) is 8.07. The molecular weight excluding hydrogens is 344 g/mol. The van der Waals surface area contributed by atoms with Crippen LogP contribution in [-0.2, 0) is 23.2 Å². The number of hydrogen-bond donors (Lipinski definition) is 2. The molecule has 1 aromatic heterocycles. The number of carbonyl (C=O) groups is 2. The zero-order valence-corrected chi connectivity index (χ0v) is 15.1. The Kier molecular flexibility index (Phi) is 6.49. The van der Waals surface area contributed by atoms with E-state index in [0.29, 0.717) is 17.3 Å². The summed E-state index contributed by atoms with van der Waals surface area (Å²) in [5.41, 5.74) is 1.57. The summed E-state index contributed by atoms with van der Waals surface area (Å²) >= 11 is 5.90. The quantitative estimate of drug-likeness (QED) is 0.728. The predicted octanol–water partition coefficient (Wildman–Crippen LogP) is 0.504. The Bertz CT molecular complexity index is 728. The molecule has 0 saturated heterocycles. The highest BCUT2D eigenvalue weighted by Crippen LogP contribution is 2.19. The molecule has 2 amide bonds. The summed E-state index contributed by atoms with van der Waals surface area (Å²) in [6.45, 7) is 0.445. The van der Waals surface area contributed by atoms with E-state index in [9.17, 15) is 9.59 Å². The molecule has 0 aliphatic heterocycles. The zero-order valence-electron chi connectivity index (χ0n) is 14.4. The number of hydrogen-bond acceptors (Lipinski definition) is 5. The Morgan fingerprint density at radius 3 is 2.40 bits per heavy atom. The van der Waals surface area contributed by atoms with E-state index < -0.39 is 11.8 Å². The largest absolute Gasteiger partial charge is 0.346 e. The van der Waals surface area contributed by atoms with Crippen molar-refractivity contribution in [2.45, 2.75) is 12.6 Å². The van der Waals surface area contributed by atoms with Crippen molar-refractivity contribution < 1.29 is 9.59 Å². The van der Waals surface area contributed by atoms with Crippen LogP contribution in [0.25, 0.3) is 0 Å². The number of aromatic nitrogens is 3. The van der Waals surface area contributed by atoms with Crippen LogP contribution < -0.4 is 10.6 Å². The second-order valence-electron chi connectivity index (χ2n) is 5.81. The van der Waals surface area contributed by atoms with Crippen LogP contribution in [-0.4, -0.2) is 52.3 Å². The summed E-state index contributed by atoms with van der Waals surface area (Å²) in [6, 6.07) is 7.31. The highest BCUT2D eigenvalue weighted by molar-refractivity contribution is 6.35. The van der Waals surface area contributed by atoms with E-state index in [0.717, 1.165) is 5.56 Å². The molecule has 0 spiro atoms. The van der Waals surface area contributed by atoms with Crippen LogP contribution in [0.3, 0.4) is 0 Å². The number of carbonyl (C=O) groups excluding carboxylic acids is 2. The summed E-state index contributed by atoms with van der Waals surface area (Å²) in [4.78, 5) is 25.8. The van der Waals surface area contributed by atoms with Gasteiger partial charge in [0.1, 0.15) is 5.69 Å². The Balaban J connectivity index is 1.87. The fraction of sp³-hybridized carbons (Fsp3) is 0.375. The van der Waals surface area contributed by atoms with Crippen LogP contribution >= 0.6 is 11.6 Å². The summed E-state index contributed by atoms with van der Waals surface area (Å²) in [6.07, 6.45) is 1.67. The van der Waals surface area contributed by atoms with Crippen molar-refractivity contribution in [3.05, 3.63) is 46.7 Å². The minimum absolute atomic E-state index is 0.0750. The first kappa shape index (κ1) is 18.9. The van der Waals surface area contributed by atoms with Crippen molar-refractivity contribution in [3.8, 4) is 0 Å². The fourth-order valence-electron chi connectivity index (χ4n) is 2.28. The average Bonchev–Trinajstić information content (AvgIpc) is 2.99. The van der Waals surface area contributed by atoms with Gasteiger partial charge in [0, 0.05) is 24.8 Å². The second kappa shape index (κ2) is 8.59. The van der Waals surface area contributed by atoms with Gasteiger partial charge in [-0.05, 0) is 31.8 Å². The predicted molar refractivity (Wildman–Crippen MR) is 93.7 cm³/mol. The van der Waals surface area contributed by atoms with E-state index in [1.807, 2.05) is 31.1 Å². The summed E-state index contributed by atoms with van der Waals surface area (Å²) < 4.78 is 1.52. The molecule has 1 atom stereocenters. The number of benzene rings is 1. The van der Waals surface area contributed by atoms with Gasteiger partial charge < -0.3 is 15.5 Å². The Morgan fingerprint density at radius 2 is 1.84 bits per heavy atom. The molecule has 9 heteroatoms. The van der Waals surface area contributed by atoms with E-state index in [1.54, 1.807) is 25.4 Å². The molecule has 0 aliphatic carbocycles. The smallest absolute Gasteiger partial charge is 0.309 e. The first-order chi connectivity index (χ1) is 11.9. The second-order valence-corrected chi connectivity index (χ2v) is 6.24. The minimum atomic E-state index is -0.709. The summed E-state index contributed by atoms with van der Waals surface area (Å²) in [5, 5.41) is 13.4. The van der Waals surface area contributed by atoms with Crippen molar-refractivity contribution in [1.82, 2.24) is 30.5 Å². The molecule has 25 heavy (non-hydrogen) atoms. The number of rotatable bonds is 6. The van der Waals surface area contributed by atoms with Gasteiger partial charge in [-0.2, -0.15) is 0 Å². The Hall–Kier alpha value is -2.45. The molecule has 8 nitrogen and oxygen atoms in total. The molecule has 0 fully saturated rings. The number of nitrogens with one attached hydrogen (secondary N) is 2. The highest BCUT2D eigenvalue weighted by Gasteiger charge is 2.18. The highest BCUT2D eigenvalue weighted by atomic mass is 35.5. The monoisotopic (exact) mass is 364 g/mol. The van der Waals surface area contributed by atoms with Gasteiger partial charge in [-0.25, -0.2) is 0 Å². The molecule has 134 valence electrons. The van der Waals surface area contributed by atoms with E-state index in [4.69, 9.17) is 11.6 Å². The van der Waals surface area contributed by atoms with Crippen molar-refractivity contribution in [3.63, 3.8) is 0 Å². The Morgan fingerprint density at radius 1 is 1.20 bits per heavy atom. The van der Waals surface area contributed by atoms with Crippen molar-refractivity contribution in [2.75, 3.05) is 20.6 Å². The number of amides is 2. The average molecular weight is 365 g/mol. The van der Waals surface area contributed by atoms with Crippen LogP contribution in [0.5, 0.6) is 0 Å². The molecule has 1 heterocycles. The SMILES string of the molecule is CN(C)C(CNC(=O)C(=O)NCc1cn(C)nn1)c1ccc(Cl)cc1. The third kappa shape index (κ3) is 5.54. The molecule has 0 radical (unpaired) electrons. The van der Waals surface area contributed by atoms with Crippen LogP contribution in [0.4, 0.5) is 0 Å². The standard InChI is InChI=1S/C16H21ClN6O2/c1-22(2)14(11-4-6-12(17)7-5-11)9-19-16(25)15(24)18-8-13-10-23(3)21-20-13/h4-7,10,14H,8-9H2,1-3H3,(H,18,24)(H,19,25). The van der Waals surface area contributed by atoms with Gasteiger partial charge in [-0.3, -0.25) is 14.3 Å². The lowest BCUT2D eigenvalue weighted by atomic mass is 10.1. The molecule has 2 rings (SSSR count). The number of nitrogens with zero attached hydrogens (tertiary/aromatic N) is 4. The summed E-state index contributed by atoms with van der Waals surface area (Å²) in [5.74, 6) is -1.40. The molecule has 1 aromatic carbocycles. The van der Waals surface area contributed by atoms with Gasteiger partial charge >= 0.3 is 11.8 Å². The molecule has 2 aromatic rings. The molecule has 1 unspecified atom stereocenters. The molecule has 0 aliphatic rings. The van der Waals surface area contributed by atoms with Crippen LogP contribution in [0.2, 0.25) is 5.02 Å². The zero-order chi connectivity index (χ0) is 18.4. The maximum absolute atomic E-state index is 12.0. The Labute approximate surface area is 151 Å². The van der Waals surface area contributed by atoms with Crippen LogP contribution in [0.15, 0.2) is 30.5 Å². The third-order valence-electron chi connectivity index (χ3n) is 3.62. The van der Waals surface area contributed by atoms with Gasteiger partial charge in [0.2, 0.25) is 0 Å². The maximum atomic E-state index is 12.0. The van der Waals surface area contributed by atoms with Gasteiger partial charge in [-0.1, -0.05) is 28.9 Å². The van der Waals surface area contributed by atoms with Gasteiger partial charge in [0.25, 0.3) is 0 Å². The molecule has 0 saturated carbocycles. The van der Waals surface area contributed by atoms with Crippen molar-refractivity contribution in [1.29, 1.82) is 0 Å². The first-order valence-electron chi connectivity index (χ1n) is 7.70. The third-order valence-corrected chi connectivity index (χ3v) is 3.87. The molecular formula is C16H21ClN6O2. The van der Waals surface area contributed by atoms with Crippen LogP contribution in [0, 0.1) is 0 Å². The normalized spacial score (nSPS) is 12.0. The van der Waals surface area contributed by atoms with Gasteiger partial charge in [0.05, 0.1) is 12.6 Å². The van der Waals surface area contributed by atoms with Gasteiger partial charge in [0.15, 0.2) is 0 Å². The maximum Gasteiger partial charge on any atom is 0.309 e. The van der Waals surface area contributed by atoms with E-state index in [2.05, 4.69) is 20.9 Å². The minimum Gasteiger partial charge on any atom is -0.346 e. The fourth-order valence-corrected chi connectivity index (χ4v) is 2.41. The van der Waals surface area contributed by atoms with E-state index in [-0.39, 0.29) is 12.6 Å². The van der Waals surface area contributed by atoms with Crippen molar-refractivity contribution in [2.24, 2.45) is 7.05 Å². The molecule has 0 bridgehead atoms. The summed E-state index contributed by atoms with van der Waals surface area (Å²) in [7, 11) is 5.53. The number of aryl methyl sites for hydroxylation is 1. The van der Waals surface area contributed by atoms with Crippen LogP contribution in [0.1, 0.15) is 17.3 Å². The lowest BCUT2D eigenvalue weighted by Gasteiger charge is -2.25. The number of likely N-dealkylation sites (N-methyl/N-ethyl adjacent to an activating group) is 1. The molecule has 2 N–H and O–H groups in total. The topological polar surface area (TPSA) is 92.2 Å².